The number of nitrogens with zero attached hydrogens (tertiary/aromatic N) is 2. The van der Waals surface area contributed by atoms with Gasteiger partial charge in [-0.2, -0.15) is 0 Å². The van der Waals surface area contributed by atoms with Crippen molar-refractivity contribution in [2.45, 2.75) is 12.5 Å². The molecule has 1 heterocycles. The lowest BCUT2D eigenvalue weighted by Gasteiger charge is -2.19. The van der Waals surface area contributed by atoms with Gasteiger partial charge in [-0.15, -0.1) is 0 Å². The van der Waals surface area contributed by atoms with Gasteiger partial charge in [-0.1, -0.05) is 41.9 Å². The third-order valence-corrected chi connectivity index (χ3v) is 4.19. The van der Waals surface area contributed by atoms with Gasteiger partial charge >= 0.3 is 0 Å². The van der Waals surface area contributed by atoms with E-state index in [-0.39, 0.29) is 12.3 Å². The highest BCUT2D eigenvalue weighted by Crippen LogP contribution is 2.22. The lowest BCUT2D eigenvalue weighted by Crippen LogP contribution is -2.32. The number of carbonyl (C=O) groups is 1. The highest BCUT2D eigenvalue weighted by Gasteiger charge is 2.21. The summed E-state index contributed by atoms with van der Waals surface area (Å²) in [6.45, 7) is 0. The molecule has 3 aromatic rings. The molecule has 0 unspecified atom stereocenters. The standard InChI is InChI=1S/C19H17ClFN3O/c1-24-11-10-22-19(24)18(13-6-8-15(20)9-7-13)23-17(25)12-14-4-2-3-5-16(14)21/h2-11,18H,12H2,1H3,(H,23,25)/t18-/m1/s1. The monoisotopic (exact) mass is 357 g/mol. The first-order valence-corrected chi connectivity index (χ1v) is 8.18. The first-order chi connectivity index (χ1) is 12.0. The summed E-state index contributed by atoms with van der Waals surface area (Å²) in [6.07, 6.45) is 3.43. The van der Waals surface area contributed by atoms with Crippen LogP contribution in [0, 0.1) is 5.82 Å². The molecule has 1 amide bonds. The predicted octanol–water partition coefficient (Wildman–Crippen LogP) is 3.66. The van der Waals surface area contributed by atoms with Crippen molar-refractivity contribution < 1.29 is 9.18 Å². The van der Waals surface area contributed by atoms with Crippen molar-refractivity contribution in [1.82, 2.24) is 14.9 Å². The zero-order valence-corrected chi connectivity index (χ0v) is 14.4. The molecule has 0 radical (unpaired) electrons. The molecule has 128 valence electrons. The Morgan fingerprint density at radius 1 is 1.24 bits per heavy atom. The van der Waals surface area contributed by atoms with Crippen molar-refractivity contribution in [1.29, 1.82) is 0 Å². The van der Waals surface area contributed by atoms with Crippen molar-refractivity contribution in [3.63, 3.8) is 0 Å². The topological polar surface area (TPSA) is 46.9 Å². The molecule has 2 aromatic carbocycles. The summed E-state index contributed by atoms with van der Waals surface area (Å²) in [6, 6.07) is 13.0. The van der Waals surface area contributed by atoms with E-state index in [0.717, 1.165) is 5.56 Å². The average molecular weight is 358 g/mol. The highest BCUT2D eigenvalue weighted by atomic mass is 35.5. The molecule has 0 aliphatic rings. The van der Waals surface area contributed by atoms with Crippen LogP contribution >= 0.6 is 11.6 Å². The van der Waals surface area contributed by atoms with Gasteiger partial charge in [-0.05, 0) is 29.3 Å². The first-order valence-electron chi connectivity index (χ1n) is 7.80. The van der Waals surface area contributed by atoms with Gasteiger partial charge in [0.25, 0.3) is 0 Å². The van der Waals surface area contributed by atoms with Crippen LogP contribution in [0.4, 0.5) is 4.39 Å². The number of hydrogen-bond acceptors (Lipinski definition) is 2. The van der Waals surface area contributed by atoms with Crippen molar-refractivity contribution in [2.75, 3.05) is 0 Å². The van der Waals surface area contributed by atoms with Gasteiger partial charge in [0, 0.05) is 24.5 Å². The molecule has 4 nitrogen and oxygen atoms in total. The quantitative estimate of drug-likeness (QED) is 0.757. The number of amides is 1. The van der Waals surface area contributed by atoms with Crippen LogP contribution < -0.4 is 5.32 Å². The smallest absolute Gasteiger partial charge is 0.225 e. The van der Waals surface area contributed by atoms with Crippen molar-refractivity contribution in [2.24, 2.45) is 7.05 Å². The summed E-state index contributed by atoms with van der Waals surface area (Å²) < 4.78 is 15.6. The van der Waals surface area contributed by atoms with Crippen LogP contribution in [-0.2, 0) is 18.3 Å². The van der Waals surface area contributed by atoms with Crippen molar-refractivity contribution in [3.8, 4) is 0 Å². The van der Waals surface area contributed by atoms with Crippen LogP contribution in [0.3, 0.4) is 0 Å². The summed E-state index contributed by atoms with van der Waals surface area (Å²) in [7, 11) is 1.86. The summed E-state index contributed by atoms with van der Waals surface area (Å²) in [4.78, 5) is 16.8. The molecule has 0 aliphatic carbocycles. The van der Waals surface area contributed by atoms with Gasteiger partial charge in [0.05, 0.1) is 6.42 Å². The Bertz CT molecular complexity index is 876. The largest absolute Gasteiger partial charge is 0.342 e. The van der Waals surface area contributed by atoms with Gasteiger partial charge in [0.2, 0.25) is 5.91 Å². The normalized spacial score (nSPS) is 12.0. The van der Waals surface area contributed by atoms with Gasteiger partial charge in [-0.25, -0.2) is 9.37 Å². The van der Waals surface area contributed by atoms with Crippen molar-refractivity contribution in [3.05, 3.63) is 88.7 Å². The highest BCUT2D eigenvalue weighted by molar-refractivity contribution is 6.30. The minimum absolute atomic E-state index is 0.0405. The average Bonchev–Trinajstić information content (AvgIpc) is 3.01. The summed E-state index contributed by atoms with van der Waals surface area (Å²) in [5, 5.41) is 3.55. The van der Waals surface area contributed by atoms with E-state index in [9.17, 15) is 9.18 Å². The second kappa shape index (κ2) is 7.49. The van der Waals surface area contributed by atoms with Gasteiger partial charge < -0.3 is 9.88 Å². The second-order valence-electron chi connectivity index (χ2n) is 5.72. The van der Waals surface area contributed by atoms with Crippen LogP contribution in [0.5, 0.6) is 0 Å². The maximum atomic E-state index is 13.8. The fraction of sp³-hybridized carbons (Fsp3) is 0.158. The molecule has 25 heavy (non-hydrogen) atoms. The molecule has 0 fully saturated rings. The Morgan fingerprint density at radius 2 is 1.96 bits per heavy atom. The van der Waals surface area contributed by atoms with E-state index in [4.69, 9.17) is 11.6 Å². The summed E-state index contributed by atoms with van der Waals surface area (Å²) >= 11 is 5.95. The summed E-state index contributed by atoms with van der Waals surface area (Å²) in [5.74, 6) is 0.00920. The second-order valence-corrected chi connectivity index (χ2v) is 6.15. The number of aromatic nitrogens is 2. The molecule has 1 aromatic heterocycles. The number of hydrogen-bond donors (Lipinski definition) is 1. The number of halogens is 2. The van der Waals surface area contributed by atoms with Crippen molar-refractivity contribution >= 4 is 17.5 Å². The number of carbonyl (C=O) groups excluding carboxylic acids is 1. The molecule has 0 saturated carbocycles. The van der Waals surface area contributed by atoms with E-state index < -0.39 is 11.9 Å². The minimum atomic E-state index is -0.448. The Morgan fingerprint density at radius 3 is 2.60 bits per heavy atom. The maximum absolute atomic E-state index is 13.8. The van der Waals surface area contributed by atoms with E-state index in [1.165, 1.54) is 6.07 Å². The molecule has 0 aliphatic heterocycles. The van der Waals surface area contributed by atoms with E-state index in [0.29, 0.717) is 16.4 Å². The Labute approximate surface area is 150 Å². The third-order valence-electron chi connectivity index (χ3n) is 3.93. The van der Waals surface area contributed by atoms with Gasteiger partial charge in [0.15, 0.2) is 0 Å². The number of aryl methyl sites for hydroxylation is 1. The number of imidazole rings is 1. The SMILES string of the molecule is Cn1ccnc1[C@H](NC(=O)Cc1ccccc1F)c1ccc(Cl)cc1. The maximum Gasteiger partial charge on any atom is 0.225 e. The van der Waals surface area contributed by atoms with Crippen LogP contribution in [0.1, 0.15) is 23.0 Å². The zero-order valence-electron chi connectivity index (χ0n) is 13.6. The molecule has 6 heteroatoms. The fourth-order valence-corrected chi connectivity index (χ4v) is 2.76. The molecule has 1 atom stereocenters. The van der Waals surface area contributed by atoms with Gasteiger partial charge in [-0.3, -0.25) is 4.79 Å². The number of nitrogens with one attached hydrogen (secondary N) is 1. The molecule has 0 bridgehead atoms. The lowest BCUT2D eigenvalue weighted by molar-refractivity contribution is -0.121. The number of benzene rings is 2. The zero-order chi connectivity index (χ0) is 17.8. The predicted molar refractivity (Wildman–Crippen MR) is 94.7 cm³/mol. The molecular formula is C19H17ClFN3O. The third kappa shape index (κ3) is 4.06. The molecule has 3 rings (SSSR count). The number of rotatable bonds is 5. The van der Waals surface area contributed by atoms with Crippen LogP contribution in [0.15, 0.2) is 60.9 Å². The minimum Gasteiger partial charge on any atom is -0.342 e. The lowest BCUT2D eigenvalue weighted by atomic mass is 10.0. The summed E-state index contributed by atoms with van der Waals surface area (Å²) in [5.41, 5.74) is 1.20. The molecular weight excluding hydrogens is 341 g/mol. The van der Waals surface area contributed by atoms with Crippen LogP contribution in [0.25, 0.3) is 0 Å². The van der Waals surface area contributed by atoms with Crippen LogP contribution in [0.2, 0.25) is 5.02 Å². The Hall–Kier alpha value is -2.66. The van der Waals surface area contributed by atoms with Gasteiger partial charge in [0.1, 0.15) is 17.7 Å². The van der Waals surface area contributed by atoms with E-state index in [1.54, 1.807) is 42.7 Å². The molecule has 0 saturated heterocycles. The first kappa shape index (κ1) is 17.2. The fourth-order valence-electron chi connectivity index (χ4n) is 2.63. The van der Waals surface area contributed by atoms with E-state index in [2.05, 4.69) is 10.3 Å². The van der Waals surface area contributed by atoms with E-state index in [1.807, 2.05) is 23.7 Å². The Balaban J connectivity index is 1.85. The van der Waals surface area contributed by atoms with E-state index >= 15 is 0 Å². The van der Waals surface area contributed by atoms with Crippen LogP contribution in [-0.4, -0.2) is 15.5 Å². The Kier molecular flexibility index (Phi) is 5.14. The molecule has 0 spiro atoms. The molecule has 1 N–H and O–H groups in total.